The Hall–Kier alpha value is -2.09. The Morgan fingerprint density at radius 1 is 0.909 bits per heavy atom. The van der Waals surface area contributed by atoms with Crippen molar-refractivity contribution < 1.29 is 0 Å². The number of benzene rings is 2. The van der Waals surface area contributed by atoms with Crippen LogP contribution in [-0.4, -0.2) is 19.3 Å². The molecule has 2 aromatic carbocycles. The van der Waals surface area contributed by atoms with E-state index >= 15 is 0 Å². The van der Waals surface area contributed by atoms with Crippen LogP contribution < -0.4 is 4.90 Å². The maximum absolute atomic E-state index is 4.77. The minimum Gasteiger partial charge on any atom is -0.371 e. The fourth-order valence-electron chi connectivity index (χ4n) is 3.03. The van der Waals surface area contributed by atoms with E-state index in [9.17, 15) is 0 Å². The third-order valence-corrected chi connectivity index (χ3v) is 4.35. The third kappa shape index (κ3) is 3.56. The van der Waals surface area contributed by atoms with Crippen molar-refractivity contribution in [1.29, 1.82) is 0 Å². The highest BCUT2D eigenvalue weighted by Crippen LogP contribution is 2.24. The fraction of sp³-hybridized carbons (Fsp3) is 0.350. The fourth-order valence-corrected chi connectivity index (χ4v) is 3.03. The van der Waals surface area contributed by atoms with Crippen molar-refractivity contribution in [3.63, 3.8) is 0 Å². The molecule has 2 heteroatoms. The summed E-state index contributed by atoms with van der Waals surface area (Å²) < 4.78 is 0. The van der Waals surface area contributed by atoms with Crippen LogP contribution >= 0.6 is 0 Å². The van der Waals surface area contributed by atoms with Gasteiger partial charge in [-0.15, -0.1) is 0 Å². The Morgan fingerprint density at radius 3 is 2.36 bits per heavy atom. The molecule has 0 amide bonds. The van der Waals surface area contributed by atoms with Crippen LogP contribution in [0.3, 0.4) is 0 Å². The van der Waals surface area contributed by atoms with Crippen molar-refractivity contribution >= 4 is 11.9 Å². The van der Waals surface area contributed by atoms with Crippen LogP contribution in [-0.2, 0) is 0 Å². The molecule has 1 atom stereocenters. The average molecular weight is 292 g/mol. The van der Waals surface area contributed by atoms with Gasteiger partial charge in [-0.3, -0.25) is 4.99 Å². The standard InChI is InChI=1S/C20H24N2/c1-17(18-10-4-2-5-11-18)21-16-19-12-6-7-13-20(19)22-14-8-3-9-15-22/h2,4-7,10-13,16-17H,3,8-9,14-15H2,1H3/t17-/m1/s1. The smallest absolute Gasteiger partial charge is 0.0721 e. The molecule has 22 heavy (non-hydrogen) atoms. The molecule has 2 nitrogen and oxygen atoms in total. The third-order valence-electron chi connectivity index (χ3n) is 4.35. The number of aliphatic imine (C=N–C) groups is 1. The van der Waals surface area contributed by atoms with Crippen LogP contribution in [0.25, 0.3) is 0 Å². The van der Waals surface area contributed by atoms with Gasteiger partial charge in [-0.1, -0.05) is 48.5 Å². The van der Waals surface area contributed by atoms with Gasteiger partial charge in [0.1, 0.15) is 0 Å². The molecule has 114 valence electrons. The lowest BCUT2D eigenvalue weighted by atomic mass is 10.1. The van der Waals surface area contributed by atoms with E-state index in [1.54, 1.807) is 0 Å². The number of anilines is 1. The first-order valence-corrected chi connectivity index (χ1v) is 8.27. The topological polar surface area (TPSA) is 15.6 Å². The van der Waals surface area contributed by atoms with Crippen molar-refractivity contribution in [1.82, 2.24) is 0 Å². The monoisotopic (exact) mass is 292 g/mol. The Labute approximate surface area is 133 Å². The molecule has 3 rings (SSSR count). The molecule has 1 heterocycles. The molecule has 1 aliphatic heterocycles. The lowest BCUT2D eigenvalue weighted by Gasteiger charge is -2.30. The van der Waals surface area contributed by atoms with Crippen LogP contribution in [0.1, 0.15) is 43.4 Å². The first kappa shape index (κ1) is 14.8. The summed E-state index contributed by atoms with van der Waals surface area (Å²) in [5, 5.41) is 0. The average Bonchev–Trinajstić information content (AvgIpc) is 2.61. The minimum absolute atomic E-state index is 0.190. The van der Waals surface area contributed by atoms with Crippen LogP contribution in [0.15, 0.2) is 59.6 Å². The summed E-state index contributed by atoms with van der Waals surface area (Å²) in [6.45, 7) is 4.48. The predicted octanol–water partition coefficient (Wildman–Crippen LogP) is 4.86. The zero-order chi connectivity index (χ0) is 15.2. The molecule has 0 spiro atoms. The highest BCUT2D eigenvalue weighted by atomic mass is 15.1. The number of hydrogen-bond acceptors (Lipinski definition) is 2. The molecule has 0 N–H and O–H groups in total. The maximum atomic E-state index is 4.77. The molecule has 1 saturated heterocycles. The number of piperidine rings is 1. The minimum atomic E-state index is 0.190. The Balaban J connectivity index is 1.78. The van der Waals surface area contributed by atoms with Crippen molar-refractivity contribution in [2.24, 2.45) is 4.99 Å². The number of para-hydroxylation sites is 1. The second-order valence-electron chi connectivity index (χ2n) is 5.97. The van der Waals surface area contributed by atoms with Crippen LogP contribution in [0.5, 0.6) is 0 Å². The molecular weight excluding hydrogens is 268 g/mol. The van der Waals surface area contributed by atoms with Gasteiger partial charge in [-0.2, -0.15) is 0 Å². The lowest BCUT2D eigenvalue weighted by Crippen LogP contribution is -2.30. The zero-order valence-corrected chi connectivity index (χ0v) is 13.3. The molecule has 1 aliphatic rings. The lowest BCUT2D eigenvalue weighted by molar-refractivity contribution is 0.577. The number of nitrogens with zero attached hydrogens (tertiary/aromatic N) is 2. The highest BCUT2D eigenvalue weighted by molar-refractivity contribution is 5.88. The van der Waals surface area contributed by atoms with E-state index < -0.39 is 0 Å². The first-order valence-electron chi connectivity index (χ1n) is 8.27. The Bertz CT molecular complexity index is 613. The van der Waals surface area contributed by atoms with E-state index in [1.165, 1.54) is 49.2 Å². The van der Waals surface area contributed by atoms with Gasteiger partial charge in [0.25, 0.3) is 0 Å². The molecule has 0 bridgehead atoms. The SMILES string of the molecule is C[C@@H](N=Cc1ccccc1N1CCCCC1)c1ccccc1. The van der Waals surface area contributed by atoms with Gasteiger partial charge in [0.2, 0.25) is 0 Å². The summed E-state index contributed by atoms with van der Waals surface area (Å²) in [6, 6.07) is 19.3. The first-order chi connectivity index (χ1) is 10.8. The van der Waals surface area contributed by atoms with Gasteiger partial charge in [0.15, 0.2) is 0 Å². The van der Waals surface area contributed by atoms with Crippen LogP contribution in [0, 0.1) is 0 Å². The molecular formula is C20H24N2. The molecule has 0 aromatic heterocycles. The van der Waals surface area contributed by atoms with Gasteiger partial charge < -0.3 is 4.90 Å². The number of hydrogen-bond donors (Lipinski definition) is 0. The van der Waals surface area contributed by atoms with Gasteiger partial charge in [-0.25, -0.2) is 0 Å². The summed E-state index contributed by atoms with van der Waals surface area (Å²) in [5.74, 6) is 0. The molecule has 0 aliphatic carbocycles. The van der Waals surface area contributed by atoms with Crippen LogP contribution in [0.2, 0.25) is 0 Å². The molecule has 1 fully saturated rings. The van der Waals surface area contributed by atoms with E-state index in [0.29, 0.717) is 0 Å². The Kier molecular flexibility index (Phi) is 4.89. The van der Waals surface area contributed by atoms with E-state index in [2.05, 4.69) is 60.4 Å². The Morgan fingerprint density at radius 2 is 1.59 bits per heavy atom. The van der Waals surface area contributed by atoms with Crippen molar-refractivity contribution in [2.45, 2.75) is 32.2 Å². The van der Waals surface area contributed by atoms with E-state index in [4.69, 9.17) is 4.99 Å². The quantitative estimate of drug-likeness (QED) is 0.735. The molecule has 2 aromatic rings. The second kappa shape index (κ2) is 7.26. The molecule has 0 saturated carbocycles. The van der Waals surface area contributed by atoms with E-state index in [1.807, 2.05) is 12.3 Å². The van der Waals surface area contributed by atoms with E-state index in [-0.39, 0.29) is 6.04 Å². The summed E-state index contributed by atoms with van der Waals surface area (Å²) >= 11 is 0. The summed E-state index contributed by atoms with van der Waals surface area (Å²) in [5.41, 5.74) is 3.81. The summed E-state index contributed by atoms with van der Waals surface area (Å²) in [6.07, 6.45) is 6.00. The van der Waals surface area contributed by atoms with Crippen molar-refractivity contribution in [3.05, 3.63) is 65.7 Å². The van der Waals surface area contributed by atoms with Gasteiger partial charge in [-0.05, 0) is 37.8 Å². The largest absolute Gasteiger partial charge is 0.371 e. The molecule has 0 radical (unpaired) electrons. The summed E-state index contributed by atoms with van der Waals surface area (Å²) in [7, 11) is 0. The van der Waals surface area contributed by atoms with Gasteiger partial charge >= 0.3 is 0 Å². The van der Waals surface area contributed by atoms with E-state index in [0.717, 1.165) is 0 Å². The summed E-state index contributed by atoms with van der Waals surface area (Å²) in [4.78, 5) is 7.27. The van der Waals surface area contributed by atoms with Gasteiger partial charge in [0, 0.05) is 30.6 Å². The van der Waals surface area contributed by atoms with Crippen molar-refractivity contribution in [2.75, 3.05) is 18.0 Å². The second-order valence-corrected chi connectivity index (χ2v) is 5.97. The maximum Gasteiger partial charge on any atom is 0.0721 e. The normalized spacial score (nSPS) is 16.9. The zero-order valence-electron chi connectivity index (χ0n) is 13.3. The predicted molar refractivity (Wildman–Crippen MR) is 95.0 cm³/mol. The van der Waals surface area contributed by atoms with Crippen molar-refractivity contribution in [3.8, 4) is 0 Å². The van der Waals surface area contributed by atoms with Gasteiger partial charge in [0.05, 0.1) is 6.04 Å². The molecule has 0 unspecified atom stereocenters. The van der Waals surface area contributed by atoms with Crippen LogP contribution in [0.4, 0.5) is 5.69 Å². The highest BCUT2D eigenvalue weighted by Gasteiger charge is 2.13. The number of rotatable bonds is 4.